The molecular formula is C13H7BrCl3F3N2OS. The van der Waals surface area contributed by atoms with Crippen molar-refractivity contribution in [2.75, 3.05) is 6.61 Å². The summed E-state index contributed by atoms with van der Waals surface area (Å²) < 4.78 is 46.1. The predicted molar refractivity (Wildman–Crippen MR) is 91.8 cm³/mol. The average molecular weight is 483 g/mol. The number of hydrogen-bond donors (Lipinski definition) is 0. The first-order valence-electron chi connectivity index (χ1n) is 6.25. The number of aromatic nitrogens is 1. The molecule has 0 fully saturated rings. The van der Waals surface area contributed by atoms with Crippen molar-refractivity contribution in [2.45, 2.75) is 19.8 Å². The summed E-state index contributed by atoms with van der Waals surface area (Å²) in [5.41, 5.74) is -1.31. The van der Waals surface area contributed by atoms with Gasteiger partial charge in [-0.25, -0.2) is 0 Å². The topological polar surface area (TPSA) is 38.0 Å². The molecule has 2 rings (SSSR count). The third kappa shape index (κ3) is 3.43. The molecule has 130 valence electrons. The van der Waals surface area contributed by atoms with E-state index in [0.29, 0.717) is 0 Å². The maximum absolute atomic E-state index is 13.5. The lowest BCUT2D eigenvalue weighted by molar-refractivity contribution is -0.146. The van der Waals surface area contributed by atoms with E-state index < -0.39 is 18.6 Å². The van der Waals surface area contributed by atoms with E-state index in [4.69, 9.17) is 39.5 Å². The second-order valence-corrected chi connectivity index (χ2v) is 7.55. The molecule has 24 heavy (non-hydrogen) atoms. The van der Waals surface area contributed by atoms with Gasteiger partial charge in [0.15, 0.2) is 0 Å². The maximum atomic E-state index is 13.5. The number of nitriles is 1. The van der Waals surface area contributed by atoms with Gasteiger partial charge in [-0.15, -0.1) is 11.3 Å². The number of nitrogens with zero attached hydrogens (tertiary/aromatic N) is 2. The van der Waals surface area contributed by atoms with Crippen LogP contribution in [0.1, 0.15) is 18.2 Å². The average Bonchev–Trinajstić information content (AvgIpc) is 2.92. The highest BCUT2D eigenvalue weighted by Crippen LogP contribution is 2.50. The lowest BCUT2D eigenvalue weighted by Crippen LogP contribution is -2.16. The molecule has 0 aromatic carbocycles. The summed E-state index contributed by atoms with van der Waals surface area (Å²) in [4.78, 5) is 0.166. The highest BCUT2D eigenvalue weighted by atomic mass is 79.9. The van der Waals surface area contributed by atoms with Crippen LogP contribution in [-0.2, 0) is 17.6 Å². The van der Waals surface area contributed by atoms with E-state index in [1.807, 2.05) is 0 Å². The zero-order chi connectivity index (χ0) is 18.2. The summed E-state index contributed by atoms with van der Waals surface area (Å²) in [6.07, 6.45) is -4.71. The molecule has 0 radical (unpaired) electrons. The highest BCUT2D eigenvalue weighted by molar-refractivity contribution is 9.10. The first-order chi connectivity index (χ1) is 11.1. The van der Waals surface area contributed by atoms with Gasteiger partial charge < -0.3 is 9.30 Å². The molecule has 0 spiro atoms. The van der Waals surface area contributed by atoms with Gasteiger partial charge in [0.1, 0.15) is 22.8 Å². The molecule has 0 saturated heterocycles. The smallest absolute Gasteiger partial charge is 0.361 e. The molecule has 2 aromatic rings. The maximum Gasteiger partial charge on any atom is 0.432 e. The fraction of sp³-hybridized carbons (Fsp3) is 0.308. The van der Waals surface area contributed by atoms with Gasteiger partial charge in [0, 0.05) is 6.61 Å². The van der Waals surface area contributed by atoms with Crippen LogP contribution in [0.15, 0.2) is 4.47 Å². The van der Waals surface area contributed by atoms with Gasteiger partial charge in [0.2, 0.25) is 0 Å². The van der Waals surface area contributed by atoms with Crippen molar-refractivity contribution in [2.24, 2.45) is 0 Å². The summed E-state index contributed by atoms with van der Waals surface area (Å²) in [6, 6.07) is 1.77. The van der Waals surface area contributed by atoms with Gasteiger partial charge in [-0.05, 0) is 22.9 Å². The molecule has 0 N–H and O–H groups in total. The lowest BCUT2D eigenvalue weighted by atomic mass is 10.2. The van der Waals surface area contributed by atoms with Gasteiger partial charge in [0.25, 0.3) is 0 Å². The van der Waals surface area contributed by atoms with E-state index >= 15 is 0 Å². The van der Waals surface area contributed by atoms with Crippen LogP contribution in [0, 0.1) is 11.3 Å². The third-order valence-electron chi connectivity index (χ3n) is 2.98. The molecule has 0 atom stereocenters. The summed E-state index contributed by atoms with van der Waals surface area (Å²) >= 11 is 21.7. The van der Waals surface area contributed by atoms with Crippen molar-refractivity contribution in [1.29, 1.82) is 5.26 Å². The van der Waals surface area contributed by atoms with Crippen LogP contribution in [0.5, 0.6) is 0 Å². The molecule has 2 aromatic heterocycles. The van der Waals surface area contributed by atoms with Crippen molar-refractivity contribution in [3.63, 3.8) is 0 Å². The first-order valence-corrected chi connectivity index (χ1v) is 9.00. The number of hydrogen-bond acceptors (Lipinski definition) is 3. The van der Waals surface area contributed by atoms with Crippen molar-refractivity contribution in [3.05, 3.63) is 30.1 Å². The molecule has 0 aliphatic carbocycles. The molecule has 0 bridgehead atoms. The molecule has 3 nitrogen and oxygen atoms in total. The fourth-order valence-corrected chi connectivity index (χ4v) is 4.62. The predicted octanol–water partition coefficient (Wildman–Crippen LogP) is 6.82. The van der Waals surface area contributed by atoms with Crippen molar-refractivity contribution in [1.82, 2.24) is 4.57 Å². The minimum Gasteiger partial charge on any atom is -0.361 e. The molecule has 0 aliphatic rings. The molecule has 0 amide bonds. The highest BCUT2D eigenvalue weighted by Gasteiger charge is 2.41. The Kier molecular flexibility index (Phi) is 6.17. The fourth-order valence-electron chi connectivity index (χ4n) is 2.03. The SMILES string of the molecule is CCOCn1c(-c2sc(Cl)c(Cl)c2Cl)c(C#N)c(Br)c1C(F)(F)F. The second-order valence-electron chi connectivity index (χ2n) is 4.38. The Bertz CT molecular complexity index is 826. The summed E-state index contributed by atoms with van der Waals surface area (Å²) in [6.45, 7) is 1.42. The molecular weight excluding hydrogens is 475 g/mol. The lowest BCUT2D eigenvalue weighted by Gasteiger charge is -2.15. The number of ether oxygens (including phenoxy) is 1. The normalized spacial score (nSPS) is 11.8. The second kappa shape index (κ2) is 7.44. The Labute approximate surface area is 162 Å². The summed E-state index contributed by atoms with van der Waals surface area (Å²) in [5.74, 6) is 0. The zero-order valence-corrected chi connectivity index (χ0v) is 16.4. The van der Waals surface area contributed by atoms with E-state index in [2.05, 4.69) is 15.9 Å². The van der Waals surface area contributed by atoms with Crippen LogP contribution in [0.25, 0.3) is 10.6 Å². The van der Waals surface area contributed by atoms with Crippen LogP contribution in [-0.4, -0.2) is 11.2 Å². The number of thiophene rings is 1. The molecule has 0 aliphatic heterocycles. The van der Waals surface area contributed by atoms with E-state index in [1.165, 1.54) is 0 Å². The van der Waals surface area contributed by atoms with E-state index in [9.17, 15) is 18.4 Å². The molecule has 0 unspecified atom stereocenters. The number of halogens is 7. The quantitative estimate of drug-likeness (QED) is 0.479. The van der Waals surface area contributed by atoms with Crippen LogP contribution < -0.4 is 0 Å². The van der Waals surface area contributed by atoms with Gasteiger partial charge >= 0.3 is 6.18 Å². The Morgan fingerprint density at radius 1 is 1.29 bits per heavy atom. The number of rotatable bonds is 4. The summed E-state index contributed by atoms with van der Waals surface area (Å²) in [5, 5.41) is 9.36. The van der Waals surface area contributed by atoms with Gasteiger partial charge in [-0.3, -0.25) is 0 Å². The van der Waals surface area contributed by atoms with Gasteiger partial charge in [-0.2, -0.15) is 18.4 Å². The van der Waals surface area contributed by atoms with Crippen LogP contribution >= 0.6 is 62.1 Å². The molecule has 2 heterocycles. The van der Waals surface area contributed by atoms with E-state index in [-0.39, 0.29) is 41.6 Å². The van der Waals surface area contributed by atoms with Crippen molar-refractivity contribution < 1.29 is 17.9 Å². The van der Waals surface area contributed by atoms with Gasteiger partial charge in [-0.1, -0.05) is 34.8 Å². The van der Waals surface area contributed by atoms with Crippen LogP contribution in [0.4, 0.5) is 13.2 Å². The van der Waals surface area contributed by atoms with Crippen molar-refractivity contribution >= 4 is 62.1 Å². The Balaban J connectivity index is 2.87. The Morgan fingerprint density at radius 2 is 1.92 bits per heavy atom. The standard InChI is InChI=1S/C13H7BrCl3F3N2OS/c1-2-23-4-22-9(10-7(15)8(16)12(17)24-10)5(3-21)6(14)11(22)13(18,19)20/h2,4H2,1H3. The Hall–Kier alpha value is -0.430. The number of alkyl halides is 3. The van der Waals surface area contributed by atoms with E-state index in [0.717, 1.165) is 15.9 Å². The van der Waals surface area contributed by atoms with Crippen LogP contribution in [0.3, 0.4) is 0 Å². The minimum atomic E-state index is -4.71. The van der Waals surface area contributed by atoms with Gasteiger partial charge in [0.05, 0.1) is 30.7 Å². The first kappa shape index (κ1) is 19.9. The van der Waals surface area contributed by atoms with E-state index in [1.54, 1.807) is 13.0 Å². The third-order valence-corrected chi connectivity index (χ3v) is 6.33. The van der Waals surface area contributed by atoms with Crippen LogP contribution in [0.2, 0.25) is 14.4 Å². The molecule has 11 heteroatoms. The zero-order valence-electron chi connectivity index (χ0n) is 11.8. The minimum absolute atomic E-state index is 0.0142. The largest absolute Gasteiger partial charge is 0.432 e. The Morgan fingerprint density at radius 3 is 2.33 bits per heavy atom. The molecule has 0 saturated carbocycles. The summed E-state index contributed by atoms with van der Waals surface area (Å²) in [7, 11) is 0. The van der Waals surface area contributed by atoms with Crippen molar-refractivity contribution in [3.8, 4) is 16.6 Å². The monoisotopic (exact) mass is 480 g/mol.